The zero-order valence-electron chi connectivity index (χ0n) is 13.1. The predicted octanol–water partition coefficient (Wildman–Crippen LogP) is 3.54. The van der Waals surface area contributed by atoms with Crippen LogP contribution < -0.4 is 5.32 Å². The molecule has 0 bridgehead atoms. The van der Waals surface area contributed by atoms with Crippen LogP contribution in [0, 0.1) is 22.7 Å². The van der Waals surface area contributed by atoms with Gasteiger partial charge in [-0.3, -0.25) is 14.9 Å². The second-order valence-corrected chi connectivity index (χ2v) is 7.29. The zero-order chi connectivity index (χ0) is 16.5. The Morgan fingerprint density at radius 2 is 1.20 bits per heavy atom. The Hall–Kier alpha value is -1.07. The van der Waals surface area contributed by atoms with Crippen LogP contribution in [0.1, 0.15) is 48.5 Å². The normalized spacial score (nSPS) is 16.5. The quantitative estimate of drug-likeness (QED) is 0.810. The van der Waals surface area contributed by atoms with E-state index in [-0.39, 0.29) is 5.78 Å². The molecule has 20 heavy (non-hydrogen) atoms. The highest BCUT2D eigenvalue weighted by Gasteiger charge is 2.47. The zero-order valence-corrected chi connectivity index (χ0v) is 13.1. The van der Waals surface area contributed by atoms with Crippen molar-refractivity contribution in [1.82, 2.24) is 5.32 Å². The van der Waals surface area contributed by atoms with Gasteiger partial charge in [0.25, 0.3) is 0 Å². The van der Waals surface area contributed by atoms with E-state index in [9.17, 15) is 22.8 Å². The molecule has 0 aliphatic rings. The minimum atomic E-state index is -4.79. The van der Waals surface area contributed by atoms with Crippen LogP contribution in [0.15, 0.2) is 0 Å². The summed E-state index contributed by atoms with van der Waals surface area (Å²) in [6, 6.07) is 0. The molecule has 0 saturated heterocycles. The first-order chi connectivity index (χ1) is 8.57. The lowest BCUT2D eigenvalue weighted by molar-refractivity contribution is -0.177. The van der Waals surface area contributed by atoms with Crippen LogP contribution in [0.4, 0.5) is 13.2 Å². The van der Waals surface area contributed by atoms with Gasteiger partial charge >= 0.3 is 6.30 Å². The molecule has 6 heteroatoms. The van der Waals surface area contributed by atoms with Gasteiger partial charge in [-0.05, 0) is 17.8 Å². The average molecular weight is 295 g/mol. The molecular weight excluding hydrogens is 271 g/mol. The second kappa shape index (κ2) is 5.74. The van der Waals surface area contributed by atoms with Crippen LogP contribution >= 0.6 is 0 Å². The van der Waals surface area contributed by atoms with E-state index in [0.717, 1.165) is 5.32 Å². The molecule has 1 amide bonds. The van der Waals surface area contributed by atoms with Crippen LogP contribution in [0.2, 0.25) is 0 Å². The van der Waals surface area contributed by atoms with Crippen LogP contribution in [-0.4, -0.2) is 18.0 Å². The average Bonchev–Trinajstić information content (AvgIpc) is 2.05. The summed E-state index contributed by atoms with van der Waals surface area (Å²) in [6.45, 7) is 11.5. The largest absolute Gasteiger partial charge is 0.484 e. The summed E-state index contributed by atoms with van der Waals surface area (Å²) in [7, 11) is 0. The third-order valence-electron chi connectivity index (χ3n) is 3.18. The number of Topliss-reactive ketones (excluding diaryl/α,β-unsaturated/α-hetero) is 1. The smallest absolute Gasteiger partial charge is 0.300 e. The van der Waals surface area contributed by atoms with E-state index in [1.54, 1.807) is 41.5 Å². The first kappa shape index (κ1) is 18.9. The number of carbonyl (C=O) groups excluding carboxylic acids is 2. The van der Waals surface area contributed by atoms with E-state index in [2.05, 4.69) is 0 Å². The van der Waals surface area contributed by atoms with Crippen molar-refractivity contribution in [3.8, 4) is 0 Å². The predicted molar refractivity (Wildman–Crippen MR) is 70.8 cm³/mol. The number of amides is 1. The fourth-order valence-electron chi connectivity index (χ4n) is 2.61. The van der Waals surface area contributed by atoms with Gasteiger partial charge in [0.2, 0.25) is 5.91 Å². The lowest BCUT2D eigenvalue weighted by atomic mass is 9.62. The maximum absolute atomic E-state index is 12.4. The SMILES string of the molecule is CC(=O)C(C(C(=O)NC(F)(F)F)C(C)(C)C)C(C)(C)C. The van der Waals surface area contributed by atoms with Gasteiger partial charge in [-0.1, -0.05) is 41.5 Å². The maximum Gasteiger partial charge on any atom is 0.484 e. The maximum atomic E-state index is 12.4. The molecule has 0 aromatic rings. The fraction of sp³-hybridized carbons (Fsp3) is 0.857. The Balaban J connectivity index is 5.68. The third-order valence-corrected chi connectivity index (χ3v) is 3.18. The Morgan fingerprint density at radius 1 is 0.850 bits per heavy atom. The lowest BCUT2D eigenvalue weighted by Crippen LogP contribution is -2.51. The minimum absolute atomic E-state index is 0.283. The van der Waals surface area contributed by atoms with E-state index in [1.165, 1.54) is 6.92 Å². The van der Waals surface area contributed by atoms with Crippen LogP contribution in [-0.2, 0) is 9.59 Å². The Bertz CT molecular complexity index is 375. The third kappa shape index (κ3) is 5.51. The van der Waals surface area contributed by atoms with Crippen molar-refractivity contribution in [3.63, 3.8) is 0 Å². The van der Waals surface area contributed by atoms with Crippen molar-refractivity contribution in [2.45, 2.75) is 54.8 Å². The van der Waals surface area contributed by atoms with Crippen LogP contribution in [0.25, 0.3) is 0 Å². The molecule has 0 heterocycles. The van der Waals surface area contributed by atoms with Gasteiger partial charge in [-0.15, -0.1) is 0 Å². The standard InChI is InChI=1S/C14H24F3NO2/c1-8(19)9(12(2,3)4)10(13(5,6)7)11(20)18-14(15,16)17/h9-10H,1-7H3,(H,18,20). The number of carbonyl (C=O) groups is 2. The van der Waals surface area contributed by atoms with E-state index in [1.807, 2.05) is 0 Å². The van der Waals surface area contributed by atoms with Crippen molar-refractivity contribution in [2.75, 3.05) is 0 Å². The lowest BCUT2D eigenvalue weighted by Gasteiger charge is -2.41. The number of nitrogens with one attached hydrogen (secondary N) is 1. The number of hydrogen-bond donors (Lipinski definition) is 1. The molecule has 0 rings (SSSR count). The molecule has 0 aliphatic heterocycles. The molecule has 3 nitrogen and oxygen atoms in total. The summed E-state index contributed by atoms with van der Waals surface area (Å²) in [4.78, 5) is 23.9. The fourth-order valence-corrected chi connectivity index (χ4v) is 2.61. The highest BCUT2D eigenvalue weighted by atomic mass is 19.4. The first-order valence-electron chi connectivity index (χ1n) is 6.46. The monoisotopic (exact) mass is 295 g/mol. The highest BCUT2D eigenvalue weighted by Crippen LogP contribution is 2.42. The summed E-state index contributed by atoms with van der Waals surface area (Å²) in [5.74, 6) is -3.28. The Labute approximate surface area is 118 Å². The summed E-state index contributed by atoms with van der Waals surface area (Å²) >= 11 is 0. The van der Waals surface area contributed by atoms with Crippen molar-refractivity contribution in [2.24, 2.45) is 22.7 Å². The molecule has 0 saturated carbocycles. The summed E-state index contributed by atoms with van der Waals surface area (Å²) < 4.78 is 37.2. The molecule has 0 aromatic heterocycles. The molecule has 2 atom stereocenters. The van der Waals surface area contributed by atoms with Gasteiger partial charge < -0.3 is 0 Å². The van der Waals surface area contributed by atoms with E-state index in [4.69, 9.17) is 0 Å². The Kier molecular flexibility index (Phi) is 5.43. The molecule has 0 aliphatic carbocycles. The van der Waals surface area contributed by atoms with Gasteiger partial charge in [0.15, 0.2) is 0 Å². The minimum Gasteiger partial charge on any atom is -0.300 e. The van der Waals surface area contributed by atoms with Crippen LogP contribution in [0.3, 0.4) is 0 Å². The number of alkyl halides is 3. The Morgan fingerprint density at radius 3 is 1.40 bits per heavy atom. The van der Waals surface area contributed by atoms with E-state index >= 15 is 0 Å². The van der Waals surface area contributed by atoms with Gasteiger partial charge in [0.05, 0.1) is 5.92 Å². The van der Waals surface area contributed by atoms with Gasteiger partial charge in [-0.25, -0.2) is 0 Å². The second-order valence-electron chi connectivity index (χ2n) is 7.29. The topological polar surface area (TPSA) is 46.2 Å². The summed E-state index contributed by atoms with van der Waals surface area (Å²) in [5.41, 5.74) is -1.37. The molecule has 0 fully saturated rings. The molecule has 0 radical (unpaired) electrons. The van der Waals surface area contributed by atoms with Gasteiger partial charge in [0.1, 0.15) is 5.78 Å². The molecule has 118 valence electrons. The van der Waals surface area contributed by atoms with E-state index in [0.29, 0.717) is 0 Å². The molecule has 0 spiro atoms. The first-order valence-corrected chi connectivity index (χ1v) is 6.46. The number of ketones is 1. The van der Waals surface area contributed by atoms with Crippen molar-refractivity contribution in [3.05, 3.63) is 0 Å². The van der Waals surface area contributed by atoms with Gasteiger partial charge in [-0.2, -0.15) is 13.2 Å². The molecule has 2 unspecified atom stereocenters. The van der Waals surface area contributed by atoms with E-state index < -0.39 is 34.9 Å². The summed E-state index contributed by atoms with van der Waals surface area (Å²) in [5, 5.41) is 1.04. The molecular formula is C14H24F3NO2. The van der Waals surface area contributed by atoms with Crippen molar-refractivity contribution >= 4 is 11.7 Å². The number of hydrogen-bond acceptors (Lipinski definition) is 2. The summed E-state index contributed by atoms with van der Waals surface area (Å²) in [6.07, 6.45) is -4.79. The number of rotatable bonds is 3. The van der Waals surface area contributed by atoms with Crippen molar-refractivity contribution < 1.29 is 22.8 Å². The van der Waals surface area contributed by atoms with Crippen LogP contribution in [0.5, 0.6) is 0 Å². The van der Waals surface area contributed by atoms with Gasteiger partial charge in [0, 0.05) is 5.92 Å². The highest BCUT2D eigenvalue weighted by molar-refractivity contribution is 5.88. The molecule has 0 aromatic carbocycles. The number of halogens is 3. The van der Waals surface area contributed by atoms with Crippen molar-refractivity contribution in [1.29, 1.82) is 0 Å². The molecule has 1 N–H and O–H groups in total.